The molecule has 3 heteroatoms. The minimum Gasteiger partial charge on any atom is -0.383 e. The quantitative estimate of drug-likeness (QED) is 0.654. The van der Waals surface area contributed by atoms with Gasteiger partial charge >= 0.3 is 0 Å². The molecule has 0 bridgehead atoms. The number of rotatable bonds is 9. The predicted octanol–water partition coefficient (Wildman–Crippen LogP) is 1.86. The van der Waals surface area contributed by atoms with Crippen LogP contribution in [0.3, 0.4) is 0 Å². The molecule has 0 heterocycles. The molecular weight excluding hydrogens is 200 g/mol. The Balaban J connectivity index is 2.42. The topological polar surface area (TPSA) is 38.5 Å². The van der Waals surface area contributed by atoms with Crippen molar-refractivity contribution in [3.63, 3.8) is 0 Å². The van der Waals surface area contributed by atoms with Crippen LogP contribution >= 0.6 is 0 Å². The molecule has 3 nitrogen and oxygen atoms in total. The molecule has 1 saturated carbocycles. The van der Waals surface area contributed by atoms with Crippen molar-refractivity contribution in [1.82, 2.24) is 4.90 Å². The van der Waals surface area contributed by atoms with Gasteiger partial charge in [0.05, 0.1) is 6.61 Å². The highest BCUT2D eigenvalue weighted by Crippen LogP contribution is 2.49. The first kappa shape index (κ1) is 13.9. The maximum absolute atomic E-state index is 5.70. The molecule has 96 valence electrons. The van der Waals surface area contributed by atoms with E-state index in [1.165, 1.54) is 32.2 Å². The summed E-state index contributed by atoms with van der Waals surface area (Å²) in [5.74, 6) is 0. The fourth-order valence-electron chi connectivity index (χ4n) is 2.32. The van der Waals surface area contributed by atoms with Gasteiger partial charge in [0.2, 0.25) is 0 Å². The van der Waals surface area contributed by atoms with Crippen LogP contribution in [0, 0.1) is 5.41 Å². The standard InChI is InChI=1S/C13H28N2O/c1-4-12(2)15(9-10-16-3)11-13(5-6-13)7-8-14/h12H,4-11,14H2,1-3H3. The second kappa shape index (κ2) is 6.58. The Labute approximate surface area is 100 Å². The molecule has 1 aliphatic carbocycles. The third-order valence-corrected chi connectivity index (χ3v) is 3.97. The Hall–Kier alpha value is -0.120. The Morgan fingerprint density at radius 1 is 1.44 bits per heavy atom. The van der Waals surface area contributed by atoms with Crippen LogP contribution in [0.25, 0.3) is 0 Å². The molecular formula is C13H28N2O. The van der Waals surface area contributed by atoms with Crippen molar-refractivity contribution >= 4 is 0 Å². The molecule has 2 N–H and O–H groups in total. The summed E-state index contributed by atoms with van der Waals surface area (Å²) in [5, 5.41) is 0. The normalized spacial score (nSPS) is 20.1. The molecule has 0 saturated heterocycles. The largest absolute Gasteiger partial charge is 0.383 e. The highest BCUT2D eigenvalue weighted by Gasteiger charge is 2.43. The van der Waals surface area contributed by atoms with E-state index in [4.69, 9.17) is 10.5 Å². The van der Waals surface area contributed by atoms with E-state index in [0.717, 1.165) is 19.7 Å². The van der Waals surface area contributed by atoms with Crippen LogP contribution in [0.2, 0.25) is 0 Å². The van der Waals surface area contributed by atoms with Crippen molar-refractivity contribution in [2.24, 2.45) is 11.1 Å². The van der Waals surface area contributed by atoms with Gasteiger partial charge in [-0.1, -0.05) is 6.92 Å². The van der Waals surface area contributed by atoms with Crippen molar-refractivity contribution in [2.45, 2.75) is 45.6 Å². The van der Waals surface area contributed by atoms with E-state index in [1.807, 2.05) is 0 Å². The van der Waals surface area contributed by atoms with Crippen LogP contribution in [0.15, 0.2) is 0 Å². The zero-order valence-corrected chi connectivity index (χ0v) is 11.2. The first-order valence-electron chi connectivity index (χ1n) is 6.60. The van der Waals surface area contributed by atoms with Gasteiger partial charge in [0.1, 0.15) is 0 Å². The highest BCUT2D eigenvalue weighted by atomic mass is 16.5. The Morgan fingerprint density at radius 3 is 2.56 bits per heavy atom. The molecule has 0 amide bonds. The molecule has 0 aliphatic heterocycles. The summed E-state index contributed by atoms with van der Waals surface area (Å²) < 4.78 is 5.20. The molecule has 0 aromatic carbocycles. The lowest BCUT2D eigenvalue weighted by molar-refractivity contribution is 0.103. The third kappa shape index (κ3) is 4.04. The Morgan fingerprint density at radius 2 is 2.12 bits per heavy atom. The zero-order valence-electron chi connectivity index (χ0n) is 11.2. The molecule has 1 fully saturated rings. The van der Waals surface area contributed by atoms with Crippen LogP contribution in [-0.2, 0) is 4.74 Å². The van der Waals surface area contributed by atoms with E-state index in [2.05, 4.69) is 18.7 Å². The van der Waals surface area contributed by atoms with Gasteiger partial charge in [-0.05, 0) is 44.6 Å². The monoisotopic (exact) mass is 228 g/mol. The lowest BCUT2D eigenvalue weighted by Gasteiger charge is -2.32. The van der Waals surface area contributed by atoms with Crippen molar-refractivity contribution in [3.05, 3.63) is 0 Å². The van der Waals surface area contributed by atoms with E-state index in [1.54, 1.807) is 7.11 Å². The van der Waals surface area contributed by atoms with Crippen molar-refractivity contribution < 1.29 is 4.74 Å². The van der Waals surface area contributed by atoms with E-state index in [9.17, 15) is 0 Å². The number of methoxy groups -OCH3 is 1. The summed E-state index contributed by atoms with van der Waals surface area (Å²) >= 11 is 0. The third-order valence-electron chi connectivity index (χ3n) is 3.97. The minimum absolute atomic E-state index is 0.548. The van der Waals surface area contributed by atoms with Gasteiger partial charge in [0.15, 0.2) is 0 Å². The summed E-state index contributed by atoms with van der Waals surface area (Å²) in [7, 11) is 1.78. The molecule has 0 aromatic heterocycles. The van der Waals surface area contributed by atoms with Crippen molar-refractivity contribution in [2.75, 3.05) is 33.4 Å². The van der Waals surface area contributed by atoms with Crippen LogP contribution in [-0.4, -0.2) is 44.3 Å². The molecule has 16 heavy (non-hydrogen) atoms. The molecule has 1 atom stereocenters. The first-order chi connectivity index (χ1) is 7.67. The summed E-state index contributed by atoms with van der Waals surface area (Å²) in [5.41, 5.74) is 6.24. The summed E-state index contributed by atoms with van der Waals surface area (Å²) in [6.45, 7) is 8.50. The SMILES string of the molecule is CCC(C)N(CCOC)CC1(CCN)CC1. The average Bonchev–Trinajstić information content (AvgIpc) is 3.04. The molecule has 0 spiro atoms. The smallest absolute Gasteiger partial charge is 0.0589 e. The van der Waals surface area contributed by atoms with Crippen LogP contribution in [0.5, 0.6) is 0 Å². The summed E-state index contributed by atoms with van der Waals surface area (Å²) in [6.07, 6.45) is 5.13. The fraction of sp³-hybridized carbons (Fsp3) is 1.00. The fourth-order valence-corrected chi connectivity index (χ4v) is 2.32. The van der Waals surface area contributed by atoms with E-state index >= 15 is 0 Å². The van der Waals surface area contributed by atoms with Crippen LogP contribution in [0.4, 0.5) is 0 Å². The predicted molar refractivity (Wildman–Crippen MR) is 68.5 cm³/mol. The minimum atomic E-state index is 0.548. The number of nitrogens with zero attached hydrogens (tertiary/aromatic N) is 1. The molecule has 1 unspecified atom stereocenters. The zero-order chi connectivity index (χ0) is 12.0. The molecule has 0 aromatic rings. The molecule has 1 rings (SSSR count). The molecule has 1 aliphatic rings. The molecule has 0 radical (unpaired) electrons. The van der Waals surface area contributed by atoms with E-state index in [0.29, 0.717) is 11.5 Å². The Bertz CT molecular complexity index is 192. The van der Waals surface area contributed by atoms with Gasteiger partial charge in [0.25, 0.3) is 0 Å². The van der Waals surface area contributed by atoms with E-state index in [-0.39, 0.29) is 0 Å². The Kier molecular flexibility index (Phi) is 5.73. The second-order valence-corrected chi connectivity index (χ2v) is 5.26. The highest BCUT2D eigenvalue weighted by molar-refractivity contribution is 4.96. The maximum Gasteiger partial charge on any atom is 0.0589 e. The van der Waals surface area contributed by atoms with Crippen LogP contribution in [0.1, 0.15) is 39.5 Å². The average molecular weight is 228 g/mol. The number of ether oxygens (including phenoxy) is 1. The summed E-state index contributed by atoms with van der Waals surface area (Å²) in [4.78, 5) is 2.58. The van der Waals surface area contributed by atoms with E-state index < -0.39 is 0 Å². The number of hydrogen-bond acceptors (Lipinski definition) is 3. The summed E-state index contributed by atoms with van der Waals surface area (Å²) in [6, 6.07) is 0.658. The van der Waals surface area contributed by atoms with Gasteiger partial charge < -0.3 is 10.5 Å². The van der Waals surface area contributed by atoms with Gasteiger partial charge in [0, 0.05) is 26.2 Å². The van der Waals surface area contributed by atoms with Gasteiger partial charge in [-0.25, -0.2) is 0 Å². The maximum atomic E-state index is 5.70. The van der Waals surface area contributed by atoms with Crippen molar-refractivity contribution in [3.8, 4) is 0 Å². The van der Waals surface area contributed by atoms with Gasteiger partial charge in [-0.2, -0.15) is 0 Å². The van der Waals surface area contributed by atoms with Crippen molar-refractivity contribution in [1.29, 1.82) is 0 Å². The lowest BCUT2D eigenvalue weighted by Crippen LogP contribution is -2.40. The first-order valence-corrected chi connectivity index (χ1v) is 6.60. The van der Waals surface area contributed by atoms with Gasteiger partial charge in [-0.15, -0.1) is 0 Å². The van der Waals surface area contributed by atoms with Crippen LogP contribution < -0.4 is 5.73 Å². The lowest BCUT2D eigenvalue weighted by atomic mass is 10.0. The number of hydrogen-bond donors (Lipinski definition) is 1. The second-order valence-electron chi connectivity index (χ2n) is 5.26. The number of nitrogens with two attached hydrogens (primary N) is 1. The van der Waals surface area contributed by atoms with Gasteiger partial charge in [-0.3, -0.25) is 4.90 Å².